The topological polar surface area (TPSA) is 49.7 Å². The Hall–Kier alpha value is -0.740. The summed E-state index contributed by atoms with van der Waals surface area (Å²) in [5.41, 5.74) is 0.918. The number of rotatable bonds is 3. The van der Waals surface area contributed by atoms with Gasteiger partial charge in [-0.2, -0.15) is 0 Å². The van der Waals surface area contributed by atoms with Crippen molar-refractivity contribution in [3.05, 3.63) is 22.2 Å². The average Bonchev–Trinajstić information content (AvgIpc) is 2.10. The van der Waals surface area contributed by atoms with Gasteiger partial charge in [0, 0.05) is 0 Å². The van der Waals surface area contributed by atoms with E-state index in [9.17, 15) is 10.2 Å². The molecule has 0 spiro atoms. The van der Waals surface area contributed by atoms with Crippen LogP contribution in [0.2, 0.25) is 0 Å². The van der Waals surface area contributed by atoms with E-state index >= 15 is 0 Å². The molecule has 0 aliphatic heterocycles. The van der Waals surface area contributed by atoms with Crippen molar-refractivity contribution in [3.8, 4) is 11.5 Å². The first-order valence-corrected chi connectivity index (χ1v) is 5.07. The summed E-state index contributed by atoms with van der Waals surface area (Å²) in [6.07, 6.45) is 0.131. The number of aromatic hydroxyl groups is 1. The molecule has 0 aromatic heterocycles. The summed E-state index contributed by atoms with van der Waals surface area (Å²) in [6.45, 7) is 1.72. The van der Waals surface area contributed by atoms with Gasteiger partial charge in [0.15, 0.2) is 11.5 Å². The Labute approximate surface area is 91.5 Å². The Kier molecular flexibility index (Phi) is 3.77. The number of aliphatic hydroxyl groups is 1. The van der Waals surface area contributed by atoms with Crippen molar-refractivity contribution in [1.29, 1.82) is 0 Å². The van der Waals surface area contributed by atoms with E-state index in [0.717, 1.165) is 5.56 Å². The number of phenolic OH excluding ortho intramolecular Hbond substituents is 1. The molecule has 0 saturated heterocycles. The van der Waals surface area contributed by atoms with E-state index in [0.29, 0.717) is 16.6 Å². The van der Waals surface area contributed by atoms with E-state index in [4.69, 9.17) is 4.74 Å². The highest BCUT2D eigenvalue weighted by Gasteiger charge is 2.09. The van der Waals surface area contributed by atoms with Crippen LogP contribution >= 0.6 is 15.9 Å². The van der Waals surface area contributed by atoms with Gasteiger partial charge < -0.3 is 14.9 Å². The fraction of sp³-hybridized carbons (Fsp3) is 0.400. The van der Waals surface area contributed by atoms with Crippen molar-refractivity contribution in [1.82, 2.24) is 0 Å². The first-order valence-electron chi connectivity index (χ1n) is 4.28. The molecule has 1 aromatic carbocycles. The lowest BCUT2D eigenvalue weighted by molar-refractivity contribution is 0.195. The van der Waals surface area contributed by atoms with Crippen LogP contribution in [-0.2, 0) is 6.42 Å². The molecule has 0 unspecified atom stereocenters. The second-order valence-corrected chi connectivity index (χ2v) is 4.04. The molecule has 0 amide bonds. The van der Waals surface area contributed by atoms with Gasteiger partial charge in [-0.25, -0.2) is 0 Å². The summed E-state index contributed by atoms with van der Waals surface area (Å²) in [5.74, 6) is 0.497. The minimum Gasteiger partial charge on any atom is -0.503 e. The SMILES string of the molecule is COc1cc(C[C@@H](C)O)cc(Br)c1O. The van der Waals surface area contributed by atoms with Crippen LogP contribution in [-0.4, -0.2) is 23.4 Å². The van der Waals surface area contributed by atoms with Crippen molar-refractivity contribution in [3.63, 3.8) is 0 Å². The molecule has 0 aliphatic carbocycles. The largest absolute Gasteiger partial charge is 0.503 e. The van der Waals surface area contributed by atoms with E-state index < -0.39 is 6.10 Å². The molecule has 0 fully saturated rings. The zero-order valence-corrected chi connectivity index (χ0v) is 9.71. The summed E-state index contributed by atoms with van der Waals surface area (Å²) in [5, 5.41) is 18.7. The van der Waals surface area contributed by atoms with Gasteiger partial charge in [0.1, 0.15) is 0 Å². The maximum absolute atomic E-state index is 9.52. The maximum atomic E-state index is 9.52. The molecule has 0 heterocycles. The van der Waals surface area contributed by atoms with E-state index in [1.807, 2.05) is 0 Å². The quantitative estimate of drug-likeness (QED) is 0.875. The zero-order valence-electron chi connectivity index (χ0n) is 8.12. The first-order chi connectivity index (χ1) is 6.54. The van der Waals surface area contributed by atoms with Crippen molar-refractivity contribution in [2.75, 3.05) is 7.11 Å². The van der Waals surface area contributed by atoms with Crippen LogP contribution in [0, 0.1) is 0 Å². The van der Waals surface area contributed by atoms with Crippen molar-refractivity contribution in [2.24, 2.45) is 0 Å². The zero-order chi connectivity index (χ0) is 10.7. The Morgan fingerprint density at radius 2 is 2.14 bits per heavy atom. The number of methoxy groups -OCH3 is 1. The van der Waals surface area contributed by atoms with E-state index in [1.54, 1.807) is 19.1 Å². The highest BCUT2D eigenvalue weighted by atomic mass is 79.9. The van der Waals surface area contributed by atoms with Crippen LogP contribution in [0.1, 0.15) is 12.5 Å². The molecule has 0 radical (unpaired) electrons. The predicted octanol–water partition coefficient (Wildman–Crippen LogP) is 2.09. The molecule has 1 rings (SSSR count). The van der Waals surface area contributed by atoms with E-state index in [1.165, 1.54) is 7.11 Å². The number of ether oxygens (including phenoxy) is 1. The number of hydrogen-bond donors (Lipinski definition) is 2. The summed E-state index contributed by atoms with van der Waals surface area (Å²) in [7, 11) is 1.49. The van der Waals surface area contributed by atoms with Gasteiger partial charge in [-0.1, -0.05) is 0 Å². The van der Waals surface area contributed by atoms with E-state index in [2.05, 4.69) is 15.9 Å². The molecule has 2 N–H and O–H groups in total. The smallest absolute Gasteiger partial charge is 0.172 e. The molecule has 0 saturated carbocycles. The van der Waals surface area contributed by atoms with Crippen molar-refractivity contribution < 1.29 is 14.9 Å². The standard InChI is InChI=1S/C10H13BrO3/c1-6(12)3-7-4-8(11)10(13)9(5-7)14-2/h4-6,12-13H,3H2,1-2H3/t6-/m1/s1. The molecular formula is C10H13BrO3. The second kappa shape index (κ2) is 4.66. The molecule has 1 aromatic rings. The van der Waals surface area contributed by atoms with Crippen LogP contribution in [0.4, 0.5) is 0 Å². The third-order valence-electron chi connectivity index (χ3n) is 1.84. The van der Waals surface area contributed by atoms with Gasteiger partial charge in [-0.3, -0.25) is 0 Å². The molecule has 3 nitrogen and oxygen atoms in total. The third kappa shape index (κ3) is 2.62. The average molecular weight is 261 g/mol. The summed E-state index contributed by atoms with van der Waals surface area (Å²) in [4.78, 5) is 0. The Morgan fingerprint density at radius 3 is 2.64 bits per heavy atom. The van der Waals surface area contributed by atoms with E-state index in [-0.39, 0.29) is 5.75 Å². The molecule has 4 heteroatoms. The lowest BCUT2D eigenvalue weighted by Crippen LogP contribution is -2.04. The second-order valence-electron chi connectivity index (χ2n) is 3.18. The molecule has 1 atom stereocenters. The maximum Gasteiger partial charge on any atom is 0.172 e. The van der Waals surface area contributed by atoms with Gasteiger partial charge in [-0.15, -0.1) is 0 Å². The van der Waals surface area contributed by atoms with Crippen LogP contribution in [0.15, 0.2) is 16.6 Å². The summed E-state index contributed by atoms with van der Waals surface area (Å²) >= 11 is 3.22. The fourth-order valence-corrected chi connectivity index (χ4v) is 1.73. The summed E-state index contributed by atoms with van der Waals surface area (Å²) in [6, 6.07) is 3.48. The number of phenols is 1. The molecule has 0 bridgehead atoms. The fourth-order valence-electron chi connectivity index (χ4n) is 1.24. The molecule has 0 aliphatic rings. The van der Waals surface area contributed by atoms with Crippen LogP contribution < -0.4 is 4.74 Å². The van der Waals surface area contributed by atoms with Gasteiger partial charge in [0.05, 0.1) is 17.7 Å². The van der Waals surface area contributed by atoms with Crippen molar-refractivity contribution in [2.45, 2.75) is 19.4 Å². The summed E-state index contributed by atoms with van der Waals surface area (Å²) < 4.78 is 5.56. The minimum absolute atomic E-state index is 0.0850. The minimum atomic E-state index is -0.406. The van der Waals surface area contributed by atoms with Crippen LogP contribution in [0.5, 0.6) is 11.5 Å². The van der Waals surface area contributed by atoms with Gasteiger partial charge >= 0.3 is 0 Å². The normalized spacial score (nSPS) is 12.6. The Bertz CT molecular complexity index is 323. The monoisotopic (exact) mass is 260 g/mol. The number of hydrogen-bond acceptors (Lipinski definition) is 3. The Morgan fingerprint density at radius 1 is 1.50 bits per heavy atom. The molecule has 78 valence electrons. The predicted molar refractivity (Wildman–Crippen MR) is 57.7 cm³/mol. The lowest BCUT2D eigenvalue weighted by atomic mass is 10.1. The third-order valence-corrected chi connectivity index (χ3v) is 2.44. The lowest BCUT2D eigenvalue weighted by Gasteiger charge is -2.09. The highest BCUT2D eigenvalue weighted by Crippen LogP contribution is 2.35. The first kappa shape index (κ1) is 11.3. The van der Waals surface area contributed by atoms with Gasteiger partial charge in [-0.05, 0) is 47.0 Å². The molecular weight excluding hydrogens is 248 g/mol. The number of aliphatic hydroxyl groups excluding tert-OH is 1. The Balaban J connectivity index is 3.03. The molecule has 14 heavy (non-hydrogen) atoms. The van der Waals surface area contributed by atoms with Crippen LogP contribution in [0.25, 0.3) is 0 Å². The van der Waals surface area contributed by atoms with Crippen LogP contribution in [0.3, 0.4) is 0 Å². The van der Waals surface area contributed by atoms with Gasteiger partial charge in [0.25, 0.3) is 0 Å². The van der Waals surface area contributed by atoms with Gasteiger partial charge in [0.2, 0.25) is 0 Å². The highest BCUT2D eigenvalue weighted by molar-refractivity contribution is 9.10. The number of halogens is 1. The number of benzene rings is 1. The van der Waals surface area contributed by atoms with Crippen molar-refractivity contribution >= 4 is 15.9 Å².